The first-order valence-electron chi connectivity index (χ1n) is 5.62. The minimum atomic E-state index is -0.0493. The van der Waals surface area contributed by atoms with E-state index in [0.717, 1.165) is 0 Å². The summed E-state index contributed by atoms with van der Waals surface area (Å²) in [4.78, 5) is 12.0. The summed E-state index contributed by atoms with van der Waals surface area (Å²) in [6.07, 6.45) is 0.292. The number of hydrogen-bond acceptors (Lipinski definition) is 4. The first kappa shape index (κ1) is 15.0. The van der Waals surface area contributed by atoms with Crippen molar-refractivity contribution in [2.75, 3.05) is 34.0 Å². The number of carbonyl (C=O) groups excluding carboxylic acids is 1. The van der Waals surface area contributed by atoms with Crippen molar-refractivity contribution in [2.24, 2.45) is 0 Å². The van der Waals surface area contributed by atoms with Crippen molar-refractivity contribution in [2.45, 2.75) is 6.42 Å². The van der Waals surface area contributed by atoms with E-state index in [9.17, 15) is 4.79 Å². The SMILES string of the molecule is COCCOCCC(=O)c1cc(Cl)ccc1OC. The van der Waals surface area contributed by atoms with Crippen LogP contribution in [0.25, 0.3) is 0 Å². The Morgan fingerprint density at radius 3 is 2.67 bits per heavy atom. The molecule has 0 atom stereocenters. The molecule has 0 aliphatic rings. The van der Waals surface area contributed by atoms with Crippen LogP contribution in [0, 0.1) is 0 Å². The van der Waals surface area contributed by atoms with Gasteiger partial charge in [-0.3, -0.25) is 4.79 Å². The van der Waals surface area contributed by atoms with Crippen molar-refractivity contribution in [3.05, 3.63) is 28.8 Å². The van der Waals surface area contributed by atoms with Gasteiger partial charge >= 0.3 is 0 Å². The summed E-state index contributed by atoms with van der Waals surface area (Å²) in [5.41, 5.74) is 0.486. The molecule has 0 spiro atoms. The number of ketones is 1. The average molecular weight is 273 g/mol. The molecule has 0 saturated carbocycles. The summed E-state index contributed by atoms with van der Waals surface area (Å²) in [5.74, 6) is 0.480. The van der Waals surface area contributed by atoms with E-state index in [1.807, 2.05) is 0 Å². The maximum atomic E-state index is 12.0. The smallest absolute Gasteiger partial charge is 0.168 e. The molecule has 0 unspecified atom stereocenters. The lowest BCUT2D eigenvalue weighted by Gasteiger charge is -2.08. The predicted octanol–water partition coefficient (Wildman–Crippen LogP) is 2.58. The molecule has 0 aromatic heterocycles. The van der Waals surface area contributed by atoms with E-state index in [2.05, 4.69) is 0 Å². The van der Waals surface area contributed by atoms with E-state index < -0.39 is 0 Å². The van der Waals surface area contributed by atoms with Crippen LogP contribution in [0.5, 0.6) is 5.75 Å². The third kappa shape index (κ3) is 4.64. The Labute approximate surface area is 112 Å². The van der Waals surface area contributed by atoms with Gasteiger partial charge < -0.3 is 14.2 Å². The molecule has 0 heterocycles. The number of ether oxygens (including phenoxy) is 3. The molecule has 18 heavy (non-hydrogen) atoms. The molecule has 5 heteroatoms. The van der Waals surface area contributed by atoms with Gasteiger partial charge in [-0.25, -0.2) is 0 Å². The quantitative estimate of drug-likeness (QED) is 0.539. The highest BCUT2D eigenvalue weighted by atomic mass is 35.5. The van der Waals surface area contributed by atoms with Gasteiger partial charge in [-0.2, -0.15) is 0 Å². The average Bonchev–Trinajstić information content (AvgIpc) is 2.38. The number of hydrogen-bond donors (Lipinski definition) is 0. The van der Waals surface area contributed by atoms with E-state index in [-0.39, 0.29) is 5.78 Å². The van der Waals surface area contributed by atoms with Crippen LogP contribution in [0.15, 0.2) is 18.2 Å². The fraction of sp³-hybridized carbons (Fsp3) is 0.462. The molecule has 1 aromatic rings. The fourth-order valence-electron chi connectivity index (χ4n) is 1.44. The highest BCUT2D eigenvalue weighted by molar-refractivity contribution is 6.31. The summed E-state index contributed by atoms with van der Waals surface area (Å²) < 4.78 is 15.2. The van der Waals surface area contributed by atoms with Gasteiger partial charge in [-0.15, -0.1) is 0 Å². The van der Waals surface area contributed by atoms with Gasteiger partial charge in [0.2, 0.25) is 0 Å². The van der Waals surface area contributed by atoms with Crippen LogP contribution in [0.1, 0.15) is 16.8 Å². The Morgan fingerprint density at radius 2 is 2.00 bits per heavy atom. The van der Waals surface area contributed by atoms with Crippen LogP contribution in [0.3, 0.4) is 0 Å². The number of carbonyl (C=O) groups is 1. The molecule has 0 radical (unpaired) electrons. The van der Waals surface area contributed by atoms with Crippen molar-refractivity contribution >= 4 is 17.4 Å². The molecule has 0 saturated heterocycles. The van der Waals surface area contributed by atoms with Gasteiger partial charge in [0.25, 0.3) is 0 Å². The summed E-state index contributed by atoms with van der Waals surface area (Å²) >= 11 is 5.86. The van der Waals surface area contributed by atoms with Crippen molar-refractivity contribution in [1.82, 2.24) is 0 Å². The van der Waals surface area contributed by atoms with Crippen LogP contribution < -0.4 is 4.74 Å². The Morgan fingerprint density at radius 1 is 1.22 bits per heavy atom. The van der Waals surface area contributed by atoms with E-state index in [1.165, 1.54) is 7.11 Å². The van der Waals surface area contributed by atoms with Gasteiger partial charge in [-0.1, -0.05) is 11.6 Å². The maximum absolute atomic E-state index is 12.0. The number of methoxy groups -OCH3 is 2. The zero-order valence-corrected chi connectivity index (χ0v) is 11.3. The van der Waals surface area contributed by atoms with Gasteiger partial charge in [0.05, 0.1) is 32.5 Å². The van der Waals surface area contributed by atoms with Crippen molar-refractivity contribution in [3.8, 4) is 5.75 Å². The molecular formula is C13H17ClO4. The highest BCUT2D eigenvalue weighted by Gasteiger charge is 2.12. The second-order valence-electron chi connectivity index (χ2n) is 3.62. The summed E-state index contributed by atoms with van der Waals surface area (Å²) in [6, 6.07) is 4.98. The highest BCUT2D eigenvalue weighted by Crippen LogP contribution is 2.23. The van der Waals surface area contributed by atoms with E-state index in [4.69, 9.17) is 25.8 Å². The number of Topliss-reactive ketones (excluding diaryl/α,β-unsaturated/α-hetero) is 1. The Bertz CT molecular complexity index is 393. The first-order chi connectivity index (χ1) is 8.69. The molecule has 1 aromatic carbocycles. The molecule has 0 aliphatic heterocycles. The molecule has 0 amide bonds. The summed E-state index contributed by atoms with van der Waals surface area (Å²) in [7, 11) is 3.13. The largest absolute Gasteiger partial charge is 0.496 e. The standard InChI is InChI=1S/C13H17ClO4/c1-16-7-8-18-6-5-12(15)11-9-10(14)3-4-13(11)17-2/h3-4,9H,5-8H2,1-2H3. The Balaban J connectivity index is 2.52. The topological polar surface area (TPSA) is 44.8 Å². The van der Waals surface area contributed by atoms with Gasteiger partial charge in [0.1, 0.15) is 5.75 Å². The van der Waals surface area contributed by atoms with Crippen molar-refractivity contribution < 1.29 is 19.0 Å². The number of benzene rings is 1. The van der Waals surface area contributed by atoms with Crippen LogP contribution in [0.2, 0.25) is 5.02 Å². The van der Waals surface area contributed by atoms with Crippen LogP contribution in [0.4, 0.5) is 0 Å². The lowest BCUT2D eigenvalue weighted by molar-refractivity contribution is 0.0640. The van der Waals surface area contributed by atoms with Gasteiger partial charge in [0.15, 0.2) is 5.78 Å². The van der Waals surface area contributed by atoms with Gasteiger partial charge in [0, 0.05) is 18.6 Å². The molecule has 0 bridgehead atoms. The monoisotopic (exact) mass is 272 g/mol. The molecule has 0 fully saturated rings. The zero-order chi connectivity index (χ0) is 13.4. The fourth-order valence-corrected chi connectivity index (χ4v) is 1.61. The lowest BCUT2D eigenvalue weighted by Crippen LogP contribution is -2.09. The van der Waals surface area contributed by atoms with Crippen LogP contribution >= 0.6 is 11.6 Å². The molecule has 4 nitrogen and oxygen atoms in total. The minimum absolute atomic E-state index is 0.0493. The number of rotatable bonds is 8. The second-order valence-corrected chi connectivity index (χ2v) is 4.06. The third-order valence-electron chi connectivity index (χ3n) is 2.37. The molecular weight excluding hydrogens is 256 g/mol. The summed E-state index contributed by atoms with van der Waals surface area (Å²) in [5, 5.41) is 0.513. The third-order valence-corrected chi connectivity index (χ3v) is 2.60. The Hall–Kier alpha value is -1.10. The van der Waals surface area contributed by atoms with Crippen LogP contribution in [-0.2, 0) is 9.47 Å². The van der Waals surface area contributed by atoms with Crippen molar-refractivity contribution in [3.63, 3.8) is 0 Å². The first-order valence-corrected chi connectivity index (χ1v) is 6.00. The molecule has 100 valence electrons. The lowest BCUT2D eigenvalue weighted by atomic mass is 10.1. The minimum Gasteiger partial charge on any atom is -0.496 e. The summed E-state index contributed by atoms with van der Waals surface area (Å²) in [6.45, 7) is 1.36. The predicted molar refractivity (Wildman–Crippen MR) is 69.6 cm³/mol. The molecule has 1 rings (SSSR count). The van der Waals surface area contributed by atoms with Crippen LogP contribution in [-0.4, -0.2) is 39.8 Å². The normalized spacial score (nSPS) is 10.4. The maximum Gasteiger partial charge on any atom is 0.168 e. The molecule has 0 N–H and O–H groups in total. The zero-order valence-electron chi connectivity index (χ0n) is 10.6. The number of halogens is 1. The van der Waals surface area contributed by atoms with Gasteiger partial charge in [-0.05, 0) is 18.2 Å². The Kier molecular flexibility index (Phi) is 6.72. The van der Waals surface area contributed by atoms with E-state index >= 15 is 0 Å². The molecule has 0 aliphatic carbocycles. The second kappa shape index (κ2) is 8.08. The van der Waals surface area contributed by atoms with E-state index in [1.54, 1.807) is 25.3 Å². The van der Waals surface area contributed by atoms with E-state index in [0.29, 0.717) is 42.6 Å². The van der Waals surface area contributed by atoms with Crippen molar-refractivity contribution in [1.29, 1.82) is 0 Å².